The number of hydrogen-bond acceptors (Lipinski definition) is 2. The van der Waals surface area contributed by atoms with Crippen molar-refractivity contribution >= 4 is 5.91 Å². The van der Waals surface area contributed by atoms with Crippen molar-refractivity contribution in [1.29, 1.82) is 0 Å². The van der Waals surface area contributed by atoms with Gasteiger partial charge in [0.05, 0.1) is 0 Å². The third kappa shape index (κ3) is 2.38. The molecule has 1 aromatic carbocycles. The van der Waals surface area contributed by atoms with Crippen LogP contribution in [0.5, 0.6) is 0 Å². The van der Waals surface area contributed by atoms with Crippen LogP contribution in [0.1, 0.15) is 58.2 Å². The molecule has 1 spiro atoms. The molecule has 21 heavy (non-hydrogen) atoms. The van der Waals surface area contributed by atoms with Gasteiger partial charge >= 0.3 is 0 Å². The van der Waals surface area contributed by atoms with Gasteiger partial charge in [0, 0.05) is 6.04 Å². The molecule has 2 unspecified atom stereocenters. The molecule has 2 fully saturated rings. The molecule has 0 aromatic heterocycles. The lowest BCUT2D eigenvalue weighted by molar-refractivity contribution is -0.134. The van der Waals surface area contributed by atoms with Crippen LogP contribution in [-0.4, -0.2) is 22.4 Å². The topological polar surface area (TPSA) is 32.3 Å². The highest BCUT2D eigenvalue weighted by atomic mass is 16.2. The smallest absolute Gasteiger partial charge is 0.244 e. The molecular formula is C18H26N2O. The summed E-state index contributed by atoms with van der Waals surface area (Å²) < 4.78 is 0. The van der Waals surface area contributed by atoms with Crippen LogP contribution in [0.2, 0.25) is 0 Å². The average Bonchev–Trinajstić information content (AvgIpc) is 3.23. The van der Waals surface area contributed by atoms with Crippen molar-refractivity contribution in [3.8, 4) is 0 Å². The Morgan fingerprint density at radius 3 is 2.38 bits per heavy atom. The Kier molecular flexibility index (Phi) is 3.78. The van der Waals surface area contributed by atoms with Gasteiger partial charge in [0.1, 0.15) is 11.7 Å². The van der Waals surface area contributed by atoms with E-state index in [1.54, 1.807) is 0 Å². The zero-order chi connectivity index (χ0) is 15.0. The monoisotopic (exact) mass is 286 g/mol. The van der Waals surface area contributed by atoms with E-state index in [1.165, 1.54) is 5.56 Å². The van der Waals surface area contributed by atoms with Gasteiger partial charge in [0.25, 0.3) is 0 Å². The Labute approximate surface area is 127 Å². The van der Waals surface area contributed by atoms with Crippen LogP contribution in [-0.2, 0) is 4.79 Å². The lowest BCUT2D eigenvalue weighted by Crippen LogP contribution is -2.42. The number of rotatable bonds is 5. The molecule has 114 valence electrons. The predicted molar refractivity (Wildman–Crippen MR) is 84.7 cm³/mol. The first-order valence-electron chi connectivity index (χ1n) is 8.28. The Morgan fingerprint density at radius 1 is 1.24 bits per heavy atom. The number of benzene rings is 1. The highest BCUT2D eigenvalue weighted by molar-refractivity contribution is 5.92. The van der Waals surface area contributed by atoms with E-state index >= 15 is 0 Å². The maximum absolute atomic E-state index is 12.9. The van der Waals surface area contributed by atoms with Crippen LogP contribution in [0, 0.1) is 5.92 Å². The third-order valence-corrected chi connectivity index (χ3v) is 5.37. The predicted octanol–water partition coefficient (Wildman–Crippen LogP) is 3.47. The molecule has 2 aliphatic rings. The normalized spacial score (nSPS) is 24.9. The fourth-order valence-corrected chi connectivity index (χ4v) is 3.74. The summed E-state index contributed by atoms with van der Waals surface area (Å²) >= 11 is 0. The van der Waals surface area contributed by atoms with Crippen LogP contribution < -0.4 is 5.32 Å². The zero-order valence-corrected chi connectivity index (χ0v) is 13.3. The van der Waals surface area contributed by atoms with E-state index in [4.69, 9.17) is 0 Å². The number of amides is 1. The largest absolute Gasteiger partial charge is 0.318 e. The van der Waals surface area contributed by atoms with Crippen LogP contribution in [0.3, 0.4) is 0 Å². The van der Waals surface area contributed by atoms with Gasteiger partial charge in [-0.2, -0.15) is 0 Å². The van der Waals surface area contributed by atoms with Crippen LogP contribution in [0.4, 0.5) is 0 Å². The number of nitrogens with zero attached hydrogens (tertiary/aromatic N) is 1. The zero-order valence-electron chi connectivity index (χ0n) is 13.3. The molecule has 1 aliphatic heterocycles. The molecule has 3 heteroatoms. The molecule has 2 atom stereocenters. The van der Waals surface area contributed by atoms with Gasteiger partial charge in [0.15, 0.2) is 0 Å². The molecule has 0 radical (unpaired) electrons. The quantitative estimate of drug-likeness (QED) is 0.899. The lowest BCUT2D eigenvalue weighted by atomic mass is 9.93. The fourth-order valence-electron chi connectivity index (χ4n) is 3.74. The van der Waals surface area contributed by atoms with Gasteiger partial charge in [-0.3, -0.25) is 10.1 Å². The molecule has 1 N–H and O–H groups in total. The Bertz CT molecular complexity index is 505. The summed E-state index contributed by atoms with van der Waals surface area (Å²) in [6.07, 6.45) is 4.26. The minimum absolute atomic E-state index is 0.0387. The molecule has 1 saturated carbocycles. The first-order chi connectivity index (χ1) is 10.1. The summed E-state index contributed by atoms with van der Waals surface area (Å²) in [6, 6.07) is 10.7. The number of hydrogen-bond donors (Lipinski definition) is 1. The first-order valence-corrected chi connectivity index (χ1v) is 8.28. The highest BCUT2D eigenvalue weighted by Gasteiger charge is 2.60. The van der Waals surface area contributed by atoms with Crippen molar-refractivity contribution in [2.24, 2.45) is 5.92 Å². The van der Waals surface area contributed by atoms with Gasteiger partial charge in [-0.1, -0.05) is 57.0 Å². The van der Waals surface area contributed by atoms with E-state index in [2.05, 4.69) is 55.3 Å². The van der Waals surface area contributed by atoms with Crippen molar-refractivity contribution in [1.82, 2.24) is 10.2 Å². The molecule has 0 bridgehead atoms. The lowest BCUT2D eigenvalue weighted by Gasteiger charge is -2.35. The molecule has 1 saturated heterocycles. The van der Waals surface area contributed by atoms with Gasteiger partial charge < -0.3 is 4.90 Å². The van der Waals surface area contributed by atoms with Crippen molar-refractivity contribution < 1.29 is 4.79 Å². The maximum Gasteiger partial charge on any atom is 0.244 e. The second kappa shape index (κ2) is 5.45. The first kappa shape index (κ1) is 14.6. The molecule has 1 aliphatic carbocycles. The van der Waals surface area contributed by atoms with E-state index in [0.29, 0.717) is 11.8 Å². The summed E-state index contributed by atoms with van der Waals surface area (Å²) in [4.78, 5) is 15.0. The fraction of sp³-hybridized carbons (Fsp3) is 0.611. The summed E-state index contributed by atoms with van der Waals surface area (Å²) in [5, 5.41) is 3.62. The van der Waals surface area contributed by atoms with Gasteiger partial charge in [0.2, 0.25) is 5.91 Å². The second-order valence-electron chi connectivity index (χ2n) is 6.57. The van der Waals surface area contributed by atoms with E-state index in [-0.39, 0.29) is 17.7 Å². The minimum Gasteiger partial charge on any atom is -0.318 e. The van der Waals surface area contributed by atoms with Crippen molar-refractivity contribution in [2.45, 2.75) is 64.2 Å². The van der Waals surface area contributed by atoms with Gasteiger partial charge in [-0.15, -0.1) is 0 Å². The SMILES string of the molecule is CCC(CC)C(C)N1C(=O)C2(CC2)NC1c1ccccc1. The van der Waals surface area contributed by atoms with E-state index in [0.717, 1.165) is 25.7 Å². The standard InChI is InChI=1S/C18H26N2O/c1-4-14(5-2)13(3)20-16(15-9-7-6-8-10-15)19-18(11-12-18)17(20)21/h6-10,13-14,16,19H,4-5,11-12H2,1-3H3. The molecule has 3 rings (SSSR count). The Balaban J connectivity index is 1.92. The molecule has 3 nitrogen and oxygen atoms in total. The molecule has 1 aromatic rings. The Morgan fingerprint density at radius 2 is 1.86 bits per heavy atom. The number of carbonyl (C=O) groups is 1. The van der Waals surface area contributed by atoms with E-state index in [1.807, 2.05) is 6.07 Å². The Hall–Kier alpha value is -1.35. The second-order valence-corrected chi connectivity index (χ2v) is 6.57. The van der Waals surface area contributed by atoms with Crippen LogP contribution in [0.15, 0.2) is 30.3 Å². The minimum atomic E-state index is -0.249. The molecule has 1 amide bonds. The van der Waals surface area contributed by atoms with Gasteiger partial charge in [-0.05, 0) is 31.2 Å². The van der Waals surface area contributed by atoms with Gasteiger partial charge in [-0.25, -0.2) is 0 Å². The molecule has 1 heterocycles. The summed E-state index contributed by atoms with van der Waals surface area (Å²) in [7, 11) is 0. The van der Waals surface area contributed by atoms with Crippen molar-refractivity contribution in [2.75, 3.05) is 0 Å². The summed E-state index contributed by atoms with van der Waals surface area (Å²) in [5.41, 5.74) is 0.952. The van der Waals surface area contributed by atoms with Crippen LogP contribution in [0.25, 0.3) is 0 Å². The number of carbonyl (C=O) groups excluding carboxylic acids is 1. The average molecular weight is 286 g/mol. The maximum atomic E-state index is 12.9. The number of nitrogens with one attached hydrogen (secondary N) is 1. The highest BCUT2D eigenvalue weighted by Crippen LogP contribution is 2.47. The third-order valence-electron chi connectivity index (χ3n) is 5.37. The molecular weight excluding hydrogens is 260 g/mol. The van der Waals surface area contributed by atoms with E-state index < -0.39 is 0 Å². The summed E-state index contributed by atoms with van der Waals surface area (Å²) in [5.74, 6) is 0.881. The van der Waals surface area contributed by atoms with Crippen LogP contribution >= 0.6 is 0 Å². The van der Waals surface area contributed by atoms with Crippen molar-refractivity contribution in [3.05, 3.63) is 35.9 Å². The van der Waals surface area contributed by atoms with Crippen molar-refractivity contribution in [3.63, 3.8) is 0 Å². The van der Waals surface area contributed by atoms with E-state index in [9.17, 15) is 4.79 Å². The summed E-state index contributed by atoms with van der Waals surface area (Å²) in [6.45, 7) is 6.67.